The van der Waals surface area contributed by atoms with Crippen LogP contribution in [0.3, 0.4) is 0 Å². The minimum absolute atomic E-state index is 0.148. The zero-order valence-corrected chi connectivity index (χ0v) is 12.4. The van der Waals surface area contributed by atoms with Gasteiger partial charge in [-0.05, 0) is 12.8 Å². The fourth-order valence-corrected chi connectivity index (χ4v) is 2.19. The van der Waals surface area contributed by atoms with Gasteiger partial charge in [0.1, 0.15) is 0 Å². The van der Waals surface area contributed by atoms with Crippen molar-refractivity contribution in [3.63, 3.8) is 0 Å². The van der Waals surface area contributed by atoms with Crippen molar-refractivity contribution in [3.8, 4) is 0 Å². The lowest BCUT2D eigenvalue weighted by molar-refractivity contribution is -0.272. The lowest BCUT2D eigenvalue weighted by Gasteiger charge is -2.38. The number of alkyl halides is 3. The molecule has 0 atom stereocenters. The van der Waals surface area contributed by atoms with Gasteiger partial charge in [-0.2, -0.15) is 18.2 Å². The van der Waals surface area contributed by atoms with Crippen LogP contribution in [0.2, 0.25) is 0 Å². The first-order chi connectivity index (χ1) is 9.51. The molecule has 1 aliphatic rings. The van der Waals surface area contributed by atoms with Gasteiger partial charge in [0, 0.05) is 18.5 Å². The van der Waals surface area contributed by atoms with E-state index in [0.717, 1.165) is 0 Å². The smallest absolute Gasteiger partial charge is 0.380 e. The molecule has 1 saturated heterocycles. The monoisotopic (exact) mass is 307 g/mol. The molecule has 0 bridgehead atoms. The van der Waals surface area contributed by atoms with Gasteiger partial charge in [-0.1, -0.05) is 25.9 Å². The maximum atomic E-state index is 12.7. The summed E-state index contributed by atoms with van der Waals surface area (Å²) in [4.78, 5) is 6.05. The Hall–Kier alpha value is -1.15. The maximum Gasteiger partial charge on any atom is 0.417 e. The van der Waals surface area contributed by atoms with E-state index in [-0.39, 0.29) is 31.3 Å². The van der Waals surface area contributed by atoms with Crippen LogP contribution in [0.25, 0.3) is 0 Å². The van der Waals surface area contributed by atoms with Crippen molar-refractivity contribution in [1.29, 1.82) is 0 Å². The summed E-state index contributed by atoms with van der Waals surface area (Å²) in [7, 11) is 0. The van der Waals surface area contributed by atoms with E-state index in [9.17, 15) is 18.3 Å². The first kappa shape index (κ1) is 16.2. The molecule has 0 spiro atoms. The van der Waals surface area contributed by atoms with Crippen molar-refractivity contribution >= 4 is 0 Å². The van der Waals surface area contributed by atoms with Gasteiger partial charge in [-0.15, -0.1) is 0 Å². The Morgan fingerprint density at radius 2 is 1.81 bits per heavy atom. The van der Waals surface area contributed by atoms with Gasteiger partial charge in [-0.25, -0.2) is 0 Å². The highest BCUT2D eigenvalue weighted by Crippen LogP contribution is 2.38. The van der Waals surface area contributed by atoms with E-state index >= 15 is 0 Å². The molecule has 0 saturated carbocycles. The average Bonchev–Trinajstić information content (AvgIpc) is 2.79. The molecule has 2 rings (SSSR count). The highest BCUT2D eigenvalue weighted by atomic mass is 19.4. The van der Waals surface area contributed by atoms with Gasteiger partial charge in [0.15, 0.2) is 11.4 Å². The van der Waals surface area contributed by atoms with Crippen molar-refractivity contribution < 1.29 is 22.8 Å². The highest BCUT2D eigenvalue weighted by Gasteiger charge is 2.54. The second-order valence-electron chi connectivity index (χ2n) is 6.57. The SMILES string of the molecule is CC(C)(C)c1nc(CN2CCC(O)(C(F)(F)F)CC2)no1. The summed E-state index contributed by atoms with van der Waals surface area (Å²) in [5.41, 5.74) is -2.83. The molecule has 0 aliphatic carbocycles. The van der Waals surface area contributed by atoms with Crippen molar-refractivity contribution in [3.05, 3.63) is 11.7 Å². The topological polar surface area (TPSA) is 62.4 Å². The number of halogens is 3. The Bertz CT molecular complexity index is 486. The Balaban J connectivity index is 1.94. The summed E-state index contributed by atoms with van der Waals surface area (Å²) < 4.78 is 43.3. The third kappa shape index (κ3) is 3.55. The number of aliphatic hydroxyl groups is 1. The second kappa shape index (κ2) is 5.24. The highest BCUT2D eigenvalue weighted by molar-refractivity contribution is 4.99. The molecular formula is C13H20F3N3O2. The largest absolute Gasteiger partial charge is 0.417 e. The predicted octanol–water partition coefficient (Wildman–Crippen LogP) is 2.26. The van der Waals surface area contributed by atoms with Crippen LogP contribution >= 0.6 is 0 Å². The molecule has 0 radical (unpaired) electrons. The van der Waals surface area contributed by atoms with Crippen LogP contribution in [0.15, 0.2) is 4.52 Å². The lowest BCUT2D eigenvalue weighted by atomic mass is 9.91. The first-order valence-corrected chi connectivity index (χ1v) is 6.86. The third-order valence-electron chi connectivity index (χ3n) is 3.69. The van der Waals surface area contributed by atoms with Crippen LogP contribution in [-0.2, 0) is 12.0 Å². The summed E-state index contributed by atoms with van der Waals surface area (Å²) in [6, 6.07) is 0. The third-order valence-corrected chi connectivity index (χ3v) is 3.69. The van der Waals surface area contributed by atoms with Gasteiger partial charge in [0.05, 0.1) is 6.54 Å². The summed E-state index contributed by atoms with van der Waals surface area (Å²) in [5.74, 6) is 0.957. The van der Waals surface area contributed by atoms with Gasteiger partial charge in [-0.3, -0.25) is 4.90 Å². The number of piperidine rings is 1. The zero-order valence-electron chi connectivity index (χ0n) is 12.4. The normalized spacial score (nSPS) is 20.7. The quantitative estimate of drug-likeness (QED) is 0.908. The van der Waals surface area contributed by atoms with Crippen molar-refractivity contribution in [2.45, 2.75) is 57.3 Å². The Kier molecular flexibility index (Phi) is 4.05. The molecule has 1 N–H and O–H groups in total. The molecule has 2 heterocycles. The van der Waals surface area contributed by atoms with E-state index in [1.807, 2.05) is 20.8 Å². The van der Waals surface area contributed by atoms with Crippen molar-refractivity contribution in [1.82, 2.24) is 15.0 Å². The molecule has 21 heavy (non-hydrogen) atoms. The summed E-state index contributed by atoms with van der Waals surface area (Å²) in [6.45, 7) is 6.44. The number of likely N-dealkylation sites (tertiary alicyclic amines) is 1. The number of rotatable bonds is 2. The lowest BCUT2D eigenvalue weighted by Crippen LogP contribution is -2.53. The predicted molar refractivity (Wildman–Crippen MR) is 68.5 cm³/mol. The fraction of sp³-hybridized carbons (Fsp3) is 0.846. The molecule has 1 aromatic rings. The minimum Gasteiger partial charge on any atom is -0.380 e. The maximum absolute atomic E-state index is 12.7. The van der Waals surface area contributed by atoms with E-state index in [0.29, 0.717) is 18.3 Å². The van der Waals surface area contributed by atoms with Crippen LogP contribution in [0.1, 0.15) is 45.3 Å². The summed E-state index contributed by atoms with van der Waals surface area (Å²) in [5, 5.41) is 13.5. The number of nitrogens with zero attached hydrogens (tertiary/aromatic N) is 3. The molecule has 1 aliphatic heterocycles. The van der Waals surface area contributed by atoms with Crippen molar-refractivity contribution in [2.75, 3.05) is 13.1 Å². The van der Waals surface area contributed by atoms with E-state index < -0.39 is 11.8 Å². The van der Waals surface area contributed by atoms with Crippen LogP contribution in [-0.4, -0.2) is 45.0 Å². The standard InChI is InChI=1S/C13H20F3N3O2/c1-11(2,3)10-17-9(18-21-10)8-19-6-4-12(20,5-7-19)13(14,15)16/h20H,4-8H2,1-3H3. The second-order valence-corrected chi connectivity index (χ2v) is 6.57. The van der Waals surface area contributed by atoms with Crippen LogP contribution in [0.4, 0.5) is 13.2 Å². The number of hydrogen-bond donors (Lipinski definition) is 1. The molecule has 1 aromatic heterocycles. The molecule has 8 heteroatoms. The first-order valence-electron chi connectivity index (χ1n) is 6.86. The molecule has 0 unspecified atom stereocenters. The number of hydrogen-bond acceptors (Lipinski definition) is 5. The molecule has 0 aromatic carbocycles. The van der Waals surface area contributed by atoms with E-state index in [4.69, 9.17) is 4.52 Å². The van der Waals surface area contributed by atoms with Crippen molar-refractivity contribution in [2.24, 2.45) is 0 Å². The molecule has 120 valence electrons. The van der Waals surface area contributed by atoms with Gasteiger partial charge in [0.2, 0.25) is 5.89 Å². The van der Waals surface area contributed by atoms with E-state index in [1.54, 1.807) is 4.90 Å². The van der Waals surface area contributed by atoms with Gasteiger partial charge >= 0.3 is 6.18 Å². The van der Waals surface area contributed by atoms with Crippen LogP contribution in [0.5, 0.6) is 0 Å². The van der Waals surface area contributed by atoms with E-state index in [1.165, 1.54) is 0 Å². The molecular weight excluding hydrogens is 287 g/mol. The zero-order chi connectivity index (χ0) is 15.9. The Morgan fingerprint density at radius 3 is 2.24 bits per heavy atom. The van der Waals surface area contributed by atoms with E-state index in [2.05, 4.69) is 10.1 Å². The molecule has 0 amide bonds. The van der Waals surface area contributed by atoms with Gasteiger partial charge in [0.25, 0.3) is 0 Å². The van der Waals surface area contributed by atoms with Gasteiger partial charge < -0.3 is 9.63 Å². The minimum atomic E-state index is -4.58. The number of aromatic nitrogens is 2. The Morgan fingerprint density at radius 1 is 1.24 bits per heavy atom. The average molecular weight is 307 g/mol. The Labute approximate surface area is 121 Å². The fourth-order valence-electron chi connectivity index (χ4n) is 2.19. The van der Waals surface area contributed by atoms with Crippen LogP contribution in [0, 0.1) is 0 Å². The molecule has 5 nitrogen and oxygen atoms in total. The molecule has 1 fully saturated rings. The summed E-state index contributed by atoms with van der Waals surface area (Å²) >= 11 is 0. The van der Waals surface area contributed by atoms with Crippen LogP contribution < -0.4 is 0 Å². The summed E-state index contributed by atoms with van der Waals surface area (Å²) in [6.07, 6.45) is -5.24.